The van der Waals surface area contributed by atoms with Gasteiger partial charge in [-0.25, -0.2) is 8.42 Å². The summed E-state index contributed by atoms with van der Waals surface area (Å²) in [5, 5.41) is 2.87. The lowest BCUT2D eigenvalue weighted by atomic mass is 10.2. The number of carbonyl (C=O) groups is 1. The summed E-state index contributed by atoms with van der Waals surface area (Å²) >= 11 is 0. The Morgan fingerprint density at radius 1 is 1.35 bits per heavy atom. The van der Waals surface area contributed by atoms with Crippen molar-refractivity contribution in [1.82, 2.24) is 10.0 Å². The highest BCUT2D eigenvalue weighted by molar-refractivity contribution is 7.90. The summed E-state index contributed by atoms with van der Waals surface area (Å²) in [5.74, 6) is 0.283. The first kappa shape index (κ1) is 13.1. The standard InChI is InChI=1S/C13H15N3O3S/c17-12(15-9-5-6-9)7-8-14-13-10-3-1-2-4-11(10)20(18,19)16-13/h1-4,9H,5-8H2,(H,14,16)(H,15,17). The Labute approximate surface area is 117 Å². The van der Waals surface area contributed by atoms with Gasteiger partial charge in [0.05, 0.1) is 11.4 Å². The number of amides is 1. The summed E-state index contributed by atoms with van der Waals surface area (Å²) in [5.41, 5.74) is 0.565. The first-order chi connectivity index (χ1) is 9.56. The molecule has 1 amide bonds. The second-order valence-electron chi connectivity index (χ2n) is 4.92. The summed E-state index contributed by atoms with van der Waals surface area (Å²) < 4.78 is 26.1. The first-order valence-electron chi connectivity index (χ1n) is 6.52. The summed E-state index contributed by atoms with van der Waals surface area (Å²) in [6.45, 7) is 0.269. The van der Waals surface area contributed by atoms with E-state index in [1.807, 2.05) is 0 Å². The van der Waals surface area contributed by atoms with E-state index in [1.165, 1.54) is 0 Å². The lowest BCUT2D eigenvalue weighted by molar-refractivity contribution is -0.121. The topological polar surface area (TPSA) is 87.6 Å². The molecule has 0 bridgehead atoms. The minimum Gasteiger partial charge on any atom is -0.353 e. The van der Waals surface area contributed by atoms with Crippen LogP contribution in [0.4, 0.5) is 0 Å². The van der Waals surface area contributed by atoms with Gasteiger partial charge in [0.15, 0.2) is 0 Å². The molecular formula is C13H15N3O3S. The third kappa shape index (κ3) is 2.67. The summed E-state index contributed by atoms with van der Waals surface area (Å²) in [6, 6.07) is 7.01. The molecule has 20 heavy (non-hydrogen) atoms. The van der Waals surface area contributed by atoms with Crippen LogP contribution < -0.4 is 10.0 Å². The van der Waals surface area contributed by atoms with Crippen LogP contribution >= 0.6 is 0 Å². The number of benzene rings is 1. The van der Waals surface area contributed by atoms with E-state index in [2.05, 4.69) is 15.0 Å². The molecule has 1 aromatic carbocycles. The molecule has 3 rings (SSSR count). The number of amidine groups is 1. The molecule has 0 unspecified atom stereocenters. The van der Waals surface area contributed by atoms with E-state index in [-0.39, 0.29) is 23.8 Å². The van der Waals surface area contributed by atoms with Crippen molar-refractivity contribution in [3.8, 4) is 0 Å². The van der Waals surface area contributed by atoms with Gasteiger partial charge in [-0.05, 0) is 25.0 Å². The lowest BCUT2D eigenvalue weighted by Gasteiger charge is -2.01. The molecule has 2 aliphatic rings. The van der Waals surface area contributed by atoms with Crippen molar-refractivity contribution in [3.05, 3.63) is 29.8 Å². The number of sulfonamides is 1. The smallest absolute Gasteiger partial charge is 0.263 e. The zero-order chi connectivity index (χ0) is 14.2. The quantitative estimate of drug-likeness (QED) is 0.842. The molecule has 1 saturated carbocycles. The maximum atomic E-state index is 11.8. The van der Waals surface area contributed by atoms with Crippen molar-refractivity contribution in [2.24, 2.45) is 4.99 Å². The minimum absolute atomic E-state index is 0.0361. The Morgan fingerprint density at radius 2 is 2.10 bits per heavy atom. The van der Waals surface area contributed by atoms with Crippen molar-refractivity contribution in [1.29, 1.82) is 0 Å². The van der Waals surface area contributed by atoms with E-state index in [0.717, 1.165) is 12.8 Å². The second-order valence-corrected chi connectivity index (χ2v) is 6.57. The zero-order valence-corrected chi connectivity index (χ0v) is 11.6. The molecule has 1 aliphatic heterocycles. The number of nitrogens with zero attached hydrogens (tertiary/aromatic N) is 1. The fraction of sp³-hybridized carbons (Fsp3) is 0.385. The van der Waals surface area contributed by atoms with Crippen LogP contribution in [-0.2, 0) is 14.8 Å². The van der Waals surface area contributed by atoms with E-state index in [0.29, 0.717) is 17.4 Å². The molecule has 0 aromatic heterocycles. The van der Waals surface area contributed by atoms with E-state index in [9.17, 15) is 13.2 Å². The lowest BCUT2D eigenvalue weighted by Crippen LogP contribution is -2.26. The monoisotopic (exact) mass is 293 g/mol. The molecule has 1 aliphatic carbocycles. The SMILES string of the molecule is O=C(CCN=C1NS(=O)(=O)c2ccccc21)NC1CC1. The van der Waals surface area contributed by atoms with Gasteiger partial charge in [0.2, 0.25) is 5.91 Å². The average molecular weight is 293 g/mol. The zero-order valence-electron chi connectivity index (χ0n) is 10.8. The van der Waals surface area contributed by atoms with Gasteiger partial charge < -0.3 is 5.32 Å². The maximum absolute atomic E-state index is 11.8. The Kier molecular flexibility index (Phi) is 3.21. The van der Waals surface area contributed by atoms with Crippen LogP contribution in [-0.4, -0.2) is 32.7 Å². The minimum atomic E-state index is -3.50. The fourth-order valence-electron chi connectivity index (χ4n) is 2.05. The maximum Gasteiger partial charge on any atom is 0.263 e. The van der Waals surface area contributed by atoms with E-state index < -0.39 is 10.0 Å². The predicted molar refractivity (Wildman–Crippen MR) is 73.9 cm³/mol. The van der Waals surface area contributed by atoms with Gasteiger partial charge in [-0.1, -0.05) is 12.1 Å². The first-order valence-corrected chi connectivity index (χ1v) is 8.00. The van der Waals surface area contributed by atoms with Crippen molar-refractivity contribution >= 4 is 21.8 Å². The van der Waals surface area contributed by atoms with E-state index in [1.54, 1.807) is 24.3 Å². The number of aliphatic imine (C=N–C) groups is 1. The predicted octanol–water partition coefficient (Wildman–Crippen LogP) is 0.394. The van der Waals surface area contributed by atoms with Crippen molar-refractivity contribution in [2.45, 2.75) is 30.2 Å². The van der Waals surface area contributed by atoms with Gasteiger partial charge in [0.25, 0.3) is 10.0 Å². The molecule has 7 heteroatoms. The fourth-order valence-corrected chi connectivity index (χ4v) is 3.30. The molecule has 1 fully saturated rings. The molecule has 0 saturated heterocycles. The molecule has 1 aromatic rings. The third-order valence-corrected chi connectivity index (χ3v) is 4.61. The third-order valence-electron chi connectivity index (χ3n) is 3.21. The molecule has 0 spiro atoms. The van der Waals surface area contributed by atoms with Crippen LogP contribution in [0, 0.1) is 0 Å². The number of hydrogen-bond donors (Lipinski definition) is 2. The second kappa shape index (κ2) is 4.90. The number of fused-ring (bicyclic) bond motifs is 1. The molecule has 1 heterocycles. The largest absolute Gasteiger partial charge is 0.353 e. The summed E-state index contributed by atoms with van der Waals surface area (Å²) in [4.78, 5) is 16.0. The molecular weight excluding hydrogens is 278 g/mol. The van der Waals surface area contributed by atoms with Gasteiger partial charge in [0, 0.05) is 18.0 Å². The van der Waals surface area contributed by atoms with Gasteiger partial charge in [-0.15, -0.1) is 0 Å². The van der Waals surface area contributed by atoms with Crippen LogP contribution in [0.1, 0.15) is 24.8 Å². The molecule has 0 radical (unpaired) electrons. The Bertz CT molecular complexity index is 678. The Hall–Kier alpha value is -1.89. The number of carbonyl (C=O) groups excluding carboxylic acids is 1. The highest BCUT2D eigenvalue weighted by Gasteiger charge is 2.30. The highest BCUT2D eigenvalue weighted by atomic mass is 32.2. The summed E-state index contributed by atoms with van der Waals surface area (Å²) in [6.07, 6.45) is 2.37. The number of rotatable bonds is 4. The van der Waals surface area contributed by atoms with Crippen LogP contribution in [0.25, 0.3) is 0 Å². The van der Waals surface area contributed by atoms with Crippen molar-refractivity contribution < 1.29 is 13.2 Å². The van der Waals surface area contributed by atoms with Crippen LogP contribution in [0.2, 0.25) is 0 Å². The average Bonchev–Trinajstić information content (AvgIpc) is 3.17. The van der Waals surface area contributed by atoms with Crippen molar-refractivity contribution in [2.75, 3.05) is 6.54 Å². The molecule has 2 N–H and O–H groups in total. The van der Waals surface area contributed by atoms with Crippen molar-refractivity contribution in [3.63, 3.8) is 0 Å². The molecule has 106 valence electrons. The number of nitrogens with one attached hydrogen (secondary N) is 2. The number of hydrogen-bond acceptors (Lipinski definition) is 4. The van der Waals surface area contributed by atoms with Crippen LogP contribution in [0.3, 0.4) is 0 Å². The van der Waals surface area contributed by atoms with Gasteiger partial charge in [0.1, 0.15) is 5.84 Å². The van der Waals surface area contributed by atoms with E-state index in [4.69, 9.17) is 0 Å². The van der Waals surface area contributed by atoms with Gasteiger partial charge in [-0.3, -0.25) is 14.5 Å². The highest BCUT2D eigenvalue weighted by Crippen LogP contribution is 2.22. The molecule has 6 nitrogen and oxygen atoms in total. The van der Waals surface area contributed by atoms with Crippen LogP contribution in [0.15, 0.2) is 34.2 Å². The summed E-state index contributed by atoms with van der Waals surface area (Å²) in [7, 11) is -3.50. The van der Waals surface area contributed by atoms with Gasteiger partial charge in [-0.2, -0.15) is 0 Å². The molecule has 0 atom stereocenters. The van der Waals surface area contributed by atoms with E-state index >= 15 is 0 Å². The Balaban J connectivity index is 1.68. The normalized spacial score (nSPS) is 21.3. The van der Waals surface area contributed by atoms with Crippen LogP contribution in [0.5, 0.6) is 0 Å². The van der Waals surface area contributed by atoms with Gasteiger partial charge >= 0.3 is 0 Å². The Morgan fingerprint density at radius 3 is 2.85 bits per heavy atom.